The third kappa shape index (κ3) is 6.98. The van der Waals surface area contributed by atoms with E-state index in [1.807, 2.05) is 48.5 Å². The highest BCUT2D eigenvalue weighted by Crippen LogP contribution is 2.09. The average Bonchev–Trinajstić information content (AvgIpc) is 2.58. The van der Waals surface area contributed by atoms with Crippen LogP contribution in [0.1, 0.15) is 11.1 Å². The van der Waals surface area contributed by atoms with Crippen molar-refractivity contribution in [3.63, 3.8) is 0 Å². The molecule has 0 heterocycles. The van der Waals surface area contributed by atoms with Gasteiger partial charge in [-0.1, -0.05) is 66.7 Å². The molecule has 0 spiro atoms. The zero-order chi connectivity index (χ0) is 15.2. The number of benzene rings is 2. The van der Waals surface area contributed by atoms with Gasteiger partial charge in [0.25, 0.3) is 0 Å². The van der Waals surface area contributed by atoms with Crippen molar-refractivity contribution in [2.75, 3.05) is 13.4 Å². The Bertz CT molecular complexity index is 467. The van der Waals surface area contributed by atoms with E-state index in [4.69, 9.17) is 5.73 Å². The standard InChI is InChI=1S/C15H15N.CH3Cl.CH5N/c16-15(14-9-5-2-6-10-14)12-11-13-7-3-1-4-8-13;2*1-2/h1-10,12H,11,16H2;1H3;2H2,1H3/b15-12-;;. The summed E-state index contributed by atoms with van der Waals surface area (Å²) in [5, 5.41) is 0. The van der Waals surface area contributed by atoms with Gasteiger partial charge in [-0.2, -0.15) is 0 Å². The van der Waals surface area contributed by atoms with E-state index in [0.29, 0.717) is 0 Å². The van der Waals surface area contributed by atoms with E-state index in [2.05, 4.69) is 35.5 Å². The summed E-state index contributed by atoms with van der Waals surface area (Å²) in [6, 6.07) is 20.4. The molecule has 0 fully saturated rings. The van der Waals surface area contributed by atoms with Crippen molar-refractivity contribution in [2.24, 2.45) is 11.5 Å². The van der Waals surface area contributed by atoms with Crippen LogP contribution in [0, 0.1) is 0 Å². The van der Waals surface area contributed by atoms with Gasteiger partial charge in [-0.3, -0.25) is 0 Å². The predicted molar refractivity (Wildman–Crippen MR) is 90.6 cm³/mol. The fourth-order valence-corrected chi connectivity index (χ4v) is 1.59. The van der Waals surface area contributed by atoms with E-state index in [1.165, 1.54) is 19.0 Å². The van der Waals surface area contributed by atoms with Crippen molar-refractivity contribution in [3.05, 3.63) is 77.9 Å². The smallest absolute Gasteiger partial charge is 0.0350 e. The molecule has 0 aliphatic rings. The summed E-state index contributed by atoms with van der Waals surface area (Å²) in [6.07, 6.45) is 4.41. The third-order valence-corrected chi connectivity index (χ3v) is 2.51. The van der Waals surface area contributed by atoms with Crippen molar-refractivity contribution in [3.8, 4) is 0 Å². The van der Waals surface area contributed by atoms with Gasteiger partial charge < -0.3 is 11.5 Å². The molecule has 2 aromatic carbocycles. The molecule has 0 aromatic heterocycles. The Hall–Kier alpha value is -1.77. The van der Waals surface area contributed by atoms with E-state index >= 15 is 0 Å². The highest BCUT2D eigenvalue weighted by molar-refractivity contribution is 6.15. The second-order valence-corrected chi connectivity index (χ2v) is 3.72. The maximum Gasteiger partial charge on any atom is 0.0350 e. The molecule has 0 saturated carbocycles. The molecule has 0 amide bonds. The molecule has 3 heteroatoms. The normalized spacial score (nSPS) is 9.70. The van der Waals surface area contributed by atoms with Gasteiger partial charge in [-0.15, -0.1) is 11.6 Å². The van der Waals surface area contributed by atoms with Gasteiger partial charge in [0, 0.05) is 12.1 Å². The molecule has 0 aliphatic carbocycles. The first-order valence-corrected chi connectivity index (χ1v) is 7.12. The van der Waals surface area contributed by atoms with Crippen LogP contribution in [0.15, 0.2) is 66.7 Å². The topological polar surface area (TPSA) is 52.0 Å². The number of rotatable bonds is 3. The largest absolute Gasteiger partial charge is 0.398 e. The number of nitrogens with two attached hydrogens (primary N) is 2. The Labute approximate surface area is 127 Å². The van der Waals surface area contributed by atoms with Crippen LogP contribution in [0.2, 0.25) is 0 Å². The Balaban J connectivity index is 0.000000829. The quantitative estimate of drug-likeness (QED) is 0.848. The lowest BCUT2D eigenvalue weighted by molar-refractivity contribution is 1.26. The maximum absolute atomic E-state index is 6.00. The molecule has 0 aliphatic heterocycles. The summed E-state index contributed by atoms with van der Waals surface area (Å²) < 4.78 is 0. The summed E-state index contributed by atoms with van der Waals surface area (Å²) >= 11 is 4.64. The molecule has 0 saturated heterocycles. The highest BCUT2D eigenvalue weighted by atomic mass is 35.5. The minimum absolute atomic E-state index is 0.837. The van der Waals surface area contributed by atoms with Crippen LogP contribution < -0.4 is 11.5 Å². The molecular weight excluding hydrogens is 268 g/mol. The molecule has 20 heavy (non-hydrogen) atoms. The van der Waals surface area contributed by atoms with Crippen molar-refractivity contribution < 1.29 is 0 Å². The first kappa shape index (κ1) is 18.2. The van der Waals surface area contributed by atoms with Crippen molar-refractivity contribution in [2.45, 2.75) is 6.42 Å². The Morgan fingerprint density at radius 1 is 0.900 bits per heavy atom. The van der Waals surface area contributed by atoms with Crippen LogP contribution in [-0.2, 0) is 6.42 Å². The molecule has 2 aromatic rings. The molecule has 0 radical (unpaired) electrons. The molecule has 0 bridgehead atoms. The highest BCUT2D eigenvalue weighted by Gasteiger charge is 1.94. The summed E-state index contributed by atoms with van der Waals surface area (Å²) in [4.78, 5) is 0. The predicted octanol–water partition coefficient (Wildman–Crippen LogP) is 3.66. The number of halogens is 1. The van der Waals surface area contributed by atoms with Crippen LogP contribution in [0.25, 0.3) is 5.70 Å². The number of hydrogen-bond acceptors (Lipinski definition) is 2. The van der Waals surface area contributed by atoms with Crippen LogP contribution >= 0.6 is 11.6 Å². The fourth-order valence-electron chi connectivity index (χ4n) is 1.59. The number of hydrogen-bond donors (Lipinski definition) is 2. The summed E-state index contributed by atoms with van der Waals surface area (Å²) in [5.74, 6) is 0. The molecule has 4 N–H and O–H groups in total. The molecule has 2 nitrogen and oxygen atoms in total. The average molecular weight is 291 g/mol. The Morgan fingerprint density at radius 3 is 1.85 bits per heavy atom. The lowest BCUT2D eigenvalue weighted by atomic mass is 10.1. The van der Waals surface area contributed by atoms with Crippen molar-refractivity contribution in [1.29, 1.82) is 0 Å². The number of allylic oxidation sites excluding steroid dienone is 1. The van der Waals surface area contributed by atoms with E-state index in [0.717, 1.165) is 17.7 Å². The lowest BCUT2D eigenvalue weighted by Gasteiger charge is -2.01. The maximum atomic E-state index is 6.00. The van der Waals surface area contributed by atoms with Gasteiger partial charge in [0.2, 0.25) is 0 Å². The fraction of sp³-hybridized carbons (Fsp3) is 0.176. The second kappa shape index (κ2) is 12.3. The molecule has 108 valence electrons. The van der Waals surface area contributed by atoms with Gasteiger partial charge in [0.05, 0.1) is 0 Å². The van der Waals surface area contributed by atoms with Crippen molar-refractivity contribution in [1.82, 2.24) is 0 Å². The zero-order valence-electron chi connectivity index (χ0n) is 12.1. The number of alkyl halides is 1. The first-order valence-electron chi connectivity index (χ1n) is 6.37. The minimum atomic E-state index is 0.837. The second-order valence-electron chi connectivity index (χ2n) is 3.72. The Morgan fingerprint density at radius 2 is 1.35 bits per heavy atom. The molecular formula is C17H23ClN2. The van der Waals surface area contributed by atoms with Gasteiger partial charge >= 0.3 is 0 Å². The summed E-state index contributed by atoms with van der Waals surface area (Å²) in [5.41, 5.74) is 13.7. The van der Waals surface area contributed by atoms with Crippen LogP contribution in [-0.4, -0.2) is 13.4 Å². The van der Waals surface area contributed by atoms with Gasteiger partial charge in [-0.25, -0.2) is 0 Å². The van der Waals surface area contributed by atoms with Gasteiger partial charge in [-0.05, 0) is 24.6 Å². The van der Waals surface area contributed by atoms with E-state index in [-0.39, 0.29) is 0 Å². The lowest BCUT2D eigenvalue weighted by Crippen LogP contribution is -1.96. The monoisotopic (exact) mass is 290 g/mol. The SMILES string of the molecule is CCl.CN.N/C(=C\Cc1ccccc1)c1ccccc1. The molecule has 2 rings (SSSR count). The van der Waals surface area contributed by atoms with Crippen LogP contribution in [0.3, 0.4) is 0 Å². The summed E-state index contributed by atoms with van der Waals surface area (Å²) in [7, 11) is 1.50. The zero-order valence-corrected chi connectivity index (χ0v) is 12.8. The van der Waals surface area contributed by atoms with Crippen LogP contribution in [0.5, 0.6) is 0 Å². The van der Waals surface area contributed by atoms with E-state index < -0.39 is 0 Å². The first-order chi connectivity index (χ1) is 9.86. The summed E-state index contributed by atoms with van der Waals surface area (Å²) in [6.45, 7) is 0. The van der Waals surface area contributed by atoms with Crippen LogP contribution in [0.4, 0.5) is 0 Å². The van der Waals surface area contributed by atoms with Crippen molar-refractivity contribution >= 4 is 17.3 Å². The minimum Gasteiger partial charge on any atom is -0.398 e. The van der Waals surface area contributed by atoms with E-state index in [9.17, 15) is 0 Å². The van der Waals surface area contributed by atoms with Gasteiger partial charge in [0.1, 0.15) is 0 Å². The van der Waals surface area contributed by atoms with Gasteiger partial charge in [0.15, 0.2) is 0 Å². The Kier molecular flexibility index (Phi) is 11.2. The van der Waals surface area contributed by atoms with E-state index in [1.54, 1.807) is 0 Å². The third-order valence-electron chi connectivity index (χ3n) is 2.51. The molecule has 0 atom stereocenters. The molecule has 0 unspecified atom stereocenters.